The number of aromatic nitrogens is 2. The molecule has 0 atom stereocenters. The van der Waals surface area contributed by atoms with Gasteiger partial charge in [0.15, 0.2) is 0 Å². The molecule has 0 radical (unpaired) electrons. The van der Waals surface area contributed by atoms with Crippen molar-refractivity contribution in [1.29, 1.82) is 0 Å². The maximum atomic E-state index is 4.94. The van der Waals surface area contributed by atoms with Gasteiger partial charge >= 0.3 is 0 Å². The van der Waals surface area contributed by atoms with Gasteiger partial charge in [-0.2, -0.15) is 0 Å². The summed E-state index contributed by atoms with van der Waals surface area (Å²) in [6.07, 6.45) is 8.98. The van der Waals surface area contributed by atoms with Crippen LogP contribution in [-0.2, 0) is 0 Å². The molecule has 2 aliphatic rings. The number of fused-ring (bicyclic) bond motifs is 5. The molecule has 0 spiro atoms. The van der Waals surface area contributed by atoms with Crippen LogP contribution in [0.2, 0.25) is 0 Å². The molecule has 4 heterocycles. The number of pyridine rings is 2. The Hall–Kier alpha value is -4.96. The van der Waals surface area contributed by atoms with E-state index in [0.29, 0.717) is 0 Å². The lowest BCUT2D eigenvalue weighted by Gasteiger charge is -2.22. The molecule has 9 rings (SSSR count). The first-order valence-electron chi connectivity index (χ1n) is 16.1. The van der Waals surface area contributed by atoms with E-state index in [4.69, 9.17) is 9.97 Å². The van der Waals surface area contributed by atoms with E-state index in [0.717, 1.165) is 48.0 Å². The van der Waals surface area contributed by atoms with Gasteiger partial charge in [0.05, 0.1) is 11.0 Å². The van der Waals surface area contributed by atoms with Crippen molar-refractivity contribution in [3.8, 4) is 22.3 Å². The minimum absolute atomic E-state index is 0.951. The minimum atomic E-state index is 0.951. The molecule has 0 unspecified atom stereocenters. The van der Waals surface area contributed by atoms with E-state index < -0.39 is 0 Å². The van der Waals surface area contributed by atoms with Crippen molar-refractivity contribution >= 4 is 54.7 Å². The molecule has 2 aromatic heterocycles. The van der Waals surface area contributed by atoms with E-state index in [9.17, 15) is 0 Å². The molecule has 5 aromatic carbocycles. The largest absolute Gasteiger partial charge is 0.371 e. The summed E-state index contributed by atoms with van der Waals surface area (Å²) in [6.45, 7) is 4.55. The second-order valence-corrected chi connectivity index (χ2v) is 12.3. The normalized spacial score (nSPS) is 15.4. The van der Waals surface area contributed by atoms with Crippen LogP contribution in [0.4, 0.5) is 11.4 Å². The smallest absolute Gasteiger partial charge is 0.0970 e. The summed E-state index contributed by atoms with van der Waals surface area (Å²) in [5.74, 6) is 0. The Labute approximate surface area is 257 Å². The molecule has 2 fully saturated rings. The third-order valence-corrected chi connectivity index (χ3v) is 9.90. The lowest BCUT2D eigenvalue weighted by Crippen LogP contribution is -2.17. The van der Waals surface area contributed by atoms with Gasteiger partial charge in [0, 0.05) is 71.5 Å². The highest BCUT2D eigenvalue weighted by Crippen LogP contribution is 2.42. The Bertz CT molecular complexity index is 2050. The molecule has 2 saturated heterocycles. The predicted molar refractivity (Wildman–Crippen MR) is 186 cm³/mol. The fourth-order valence-corrected chi connectivity index (χ4v) is 7.80. The number of hydrogen-bond donors (Lipinski definition) is 0. The summed E-state index contributed by atoms with van der Waals surface area (Å²) < 4.78 is 0. The van der Waals surface area contributed by atoms with Crippen LogP contribution in [0.15, 0.2) is 109 Å². The van der Waals surface area contributed by atoms with Crippen LogP contribution >= 0.6 is 0 Å². The van der Waals surface area contributed by atoms with Crippen molar-refractivity contribution in [2.75, 3.05) is 36.0 Å². The van der Waals surface area contributed by atoms with E-state index in [1.165, 1.54) is 80.9 Å². The number of anilines is 2. The Morgan fingerprint density at radius 3 is 1.18 bits per heavy atom. The summed E-state index contributed by atoms with van der Waals surface area (Å²) in [5, 5.41) is 7.49. The van der Waals surface area contributed by atoms with Crippen molar-refractivity contribution < 1.29 is 0 Å². The third kappa shape index (κ3) is 3.97. The van der Waals surface area contributed by atoms with Gasteiger partial charge in [0.1, 0.15) is 0 Å². The lowest BCUT2D eigenvalue weighted by molar-refractivity contribution is 0.949. The van der Waals surface area contributed by atoms with Gasteiger partial charge in [-0.1, -0.05) is 72.8 Å². The number of rotatable bonds is 4. The highest BCUT2D eigenvalue weighted by Gasteiger charge is 2.20. The zero-order chi connectivity index (χ0) is 29.0. The van der Waals surface area contributed by atoms with Gasteiger partial charge in [0.25, 0.3) is 0 Å². The molecule has 0 N–H and O–H groups in total. The van der Waals surface area contributed by atoms with Crippen molar-refractivity contribution in [3.63, 3.8) is 0 Å². The average molecular weight is 571 g/mol. The molecule has 4 heteroatoms. The molecular weight excluding hydrogens is 536 g/mol. The van der Waals surface area contributed by atoms with E-state index in [1.807, 2.05) is 12.4 Å². The van der Waals surface area contributed by atoms with Crippen molar-refractivity contribution in [2.24, 2.45) is 0 Å². The summed E-state index contributed by atoms with van der Waals surface area (Å²) in [6, 6.07) is 35.9. The second-order valence-electron chi connectivity index (χ2n) is 12.3. The minimum Gasteiger partial charge on any atom is -0.371 e. The molecule has 2 aliphatic heterocycles. The SMILES string of the molecule is c1ccc2c(N3CCCC3)ccc(-c3ccnc4c3ccc3c(-c5ccc(N6CCCC6)c6ccccc56)ccnc34)c2c1. The van der Waals surface area contributed by atoms with Crippen LogP contribution in [0, 0.1) is 0 Å². The molecule has 0 amide bonds. The van der Waals surface area contributed by atoms with Gasteiger partial charge in [-0.3, -0.25) is 9.97 Å². The van der Waals surface area contributed by atoms with Crippen LogP contribution in [-0.4, -0.2) is 36.1 Å². The standard InChI is InChI=1S/C40H34N4/c1-3-11-33-27(9-1)29(15-17-37(33)43-23-5-6-24-43)31-19-21-41-39-35(31)13-14-36-32(20-22-42-40(36)39)30-16-18-38(44-25-7-8-26-44)34-12-4-2-10-28(30)34/h1-4,9-22H,5-8,23-26H2. The number of benzene rings is 5. The highest BCUT2D eigenvalue weighted by atomic mass is 15.1. The zero-order valence-corrected chi connectivity index (χ0v) is 24.8. The van der Waals surface area contributed by atoms with Gasteiger partial charge in [0.2, 0.25) is 0 Å². The summed E-state index contributed by atoms with van der Waals surface area (Å²) in [5.41, 5.74) is 9.49. The van der Waals surface area contributed by atoms with Gasteiger partial charge < -0.3 is 9.80 Å². The van der Waals surface area contributed by atoms with E-state index >= 15 is 0 Å². The van der Waals surface area contributed by atoms with Crippen molar-refractivity contribution in [1.82, 2.24) is 9.97 Å². The first kappa shape index (κ1) is 25.5. The van der Waals surface area contributed by atoms with Crippen LogP contribution in [0.25, 0.3) is 65.6 Å². The number of nitrogens with zero attached hydrogens (tertiary/aromatic N) is 4. The van der Waals surface area contributed by atoms with Crippen LogP contribution in [0.5, 0.6) is 0 Å². The van der Waals surface area contributed by atoms with Crippen molar-refractivity contribution in [3.05, 3.63) is 109 Å². The fraction of sp³-hybridized carbons (Fsp3) is 0.200. The summed E-state index contributed by atoms with van der Waals surface area (Å²) in [7, 11) is 0. The predicted octanol–water partition coefficient (Wildman–Crippen LogP) is 9.62. The summed E-state index contributed by atoms with van der Waals surface area (Å²) >= 11 is 0. The Kier molecular flexibility index (Phi) is 6.00. The quantitative estimate of drug-likeness (QED) is 0.197. The Balaban J connectivity index is 1.22. The molecule has 0 saturated carbocycles. The average Bonchev–Trinajstić information content (AvgIpc) is 3.83. The van der Waals surface area contributed by atoms with Crippen LogP contribution in [0.3, 0.4) is 0 Å². The first-order valence-corrected chi connectivity index (χ1v) is 16.1. The Morgan fingerprint density at radius 1 is 0.364 bits per heavy atom. The number of hydrogen-bond acceptors (Lipinski definition) is 4. The van der Waals surface area contributed by atoms with E-state index in [2.05, 4.69) is 107 Å². The van der Waals surface area contributed by atoms with E-state index in [1.54, 1.807) is 0 Å². The molecule has 4 nitrogen and oxygen atoms in total. The van der Waals surface area contributed by atoms with Crippen molar-refractivity contribution in [2.45, 2.75) is 25.7 Å². The third-order valence-electron chi connectivity index (χ3n) is 9.90. The molecule has 0 bridgehead atoms. The van der Waals surface area contributed by atoms with Crippen LogP contribution in [0.1, 0.15) is 25.7 Å². The first-order chi connectivity index (χ1) is 21.8. The topological polar surface area (TPSA) is 32.3 Å². The molecule has 7 aromatic rings. The Morgan fingerprint density at radius 2 is 0.750 bits per heavy atom. The van der Waals surface area contributed by atoms with Gasteiger partial charge in [-0.25, -0.2) is 0 Å². The molecular formula is C40H34N4. The van der Waals surface area contributed by atoms with Gasteiger partial charge in [-0.05, 0) is 83.0 Å². The maximum Gasteiger partial charge on any atom is 0.0970 e. The highest BCUT2D eigenvalue weighted by molar-refractivity contribution is 6.16. The second kappa shape index (κ2) is 10.3. The maximum absolute atomic E-state index is 4.94. The molecule has 214 valence electrons. The summed E-state index contributed by atoms with van der Waals surface area (Å²) in [4.78, 5) is 15.0. The molecule has 0 aliphatic carbocycles. The zero-order valence-electron chi connectivity index (χ0n) is 24.8. The lowest BCUT2D eigenvalue weighted by atomic mass is 9.92. The van der Waals surface area contributed by atoms with Gasteiger partial charge in [-0.15, -0.1) is 0 Å². The monoisotopic (exact) mass is 570 g/mol. The van der Waals surface area contributed by atoms with Crippen LogP contribution < -0.4 is 9.80 Å². The molecule has 44 heavy (non-hydrogen) atoms. The fourth-order valence-electron chi connectivity index (χ4n) is 7.80. The van der Waals surface area contributed by atoms with E-state index in [-0.39, 0.29) is 0 Å².